The van der Waals surface area contributed by atoms with Gasteiger partial charge < -0.3 is 9.84 Å². The van der Waals surface area contributed by atoms with Crippen molar-refractivity contribution >= 4 is 5.91 Å². The van der Waals surface area contributed by atoms with E-state index in [-0.39, 0.29) is 24.1 Å². The molecule has 0 aliphatic heterocycles. The fourth-order valence-electron chi connectivity index (χ4n) is 2.51. The van der Waals surface area contributed by atoms with Crippen molar-refractivity contribution in [1.29, 1.82) is 0 Å². The van der Waals surface area contributed by atoms with Crippen LogP contribution in [0.5, 0.6) is 0 Å². The Morgan fingerprint density at radius 1 is 1.15 bits per heavy atom. The van der Waals surface area contributed by atoms with Gasteiger partial charge in [-0.05, 0) is 35.7 Å². The van der Waals surface area contributed by atoms with Gasteiger partial charge in [0.2, 0.25) is 17.6 Å². The molecule has 1 atom stereocenters. The molecule has 3 aromatic rings. The molecule has 7 heteroatoms. The number of hydrogen-bond acceptors (Lipinski definition) is 5. The van der Waals surface area contributed by atoms with Crippen molar-refractivity contribution in [3.63, 3.8) is 0 Å². The lowest BCUT2D eigenvalue weighted by atomic mass is 10.0. The monoisotopic (exact) mass is 354 g/mol. The number of amides is 1. The smallest absolute Gasteiger partial charge is 0.249 e. The van der Waals surface area contributed by atoms with Gasteiger partial charge in [0.25, 0.3) is 0 Å². The van der Waals surface area contributed by atoms with Crippen LogP contribution in [0.2, 0.25) is 0 Å². The van der Waals surface area contributed by atoms with E-state index in [0.717, 1.165) is 11.1 Å². The summed E-state index contributed by atoms with van der Waals surface area (Å²) in [7, 11) is 0. The maximum atomic E-state index is 13.0. The van der Waals surface area contributed by atoms with Crippen molar-refractivity contribution in [3.05, 3.63) is 66.1 Å². The highest BCUT2D eigenvalue weighted by atomic mass is 19.1. The van der Waals surface area contributed by atoms with Crippen LogP contribution >= 0.6 is 0 Å². The molecule has 26 heavy (non-hydrogen) atoms. The number of rotatable bonds is 6. The van der Waals surface area contributed by atoms with Crippen LogP contribution in [-0.4, -0.2) is 21.0 Å². The molecule has 1 N–H and O–H groups in total. The van der Waals surface area contributed by atoms with Gasteiger partial charge in [-0.2, -0.15) is 4.98 Å². The van der Waals surface area contributed by atoms with Crippen molar-refractivity contribution in [2.24, 2.45) is 5.92 Å². The van der Waals surface area contributed by atoms with Gasteiger partial charge in [-0.25, -0.2) is 4.39 Å². The number of nitrogens with one attached hydrogen (secondary N) is 1. The third-order valence-electron chi connectivity index (χ3n) is 3.91. The van der Waals surface area contributed by atoms with Crippen LogP contribution in [0.25, 0.3) is 11.4 Å². The van der Waals surface area contributed by atoms with Gasteiger partial charge in [0.1, 0.15) is 11.9 Å². The van der Waals surface area contributed by atoms with Gasteiger partial charge in [-0.1, -0.05) is 31.1 Å². The highest BCUT2D eigenvalue weighted by Gasteiger charge is 2.25. The van der Waals surface area contributed by atoms with E-state index in [9.17, 15) is 9.18 Å². The Labute approximate surface area is 150 Å². The summed E-state index contributed by atoms with van der Waals surface area (Å²) in [6, 6.07) is 9.01. The van der Waals surface area contributed by atoms with Crippen LogP contribution in [0.1, 0.15) is 31.3 Å². The number of nitrogens with zero attached hydrogens (tertiary/aromatic N) is 3. The Kier molecular flexibility index (Phi) is 5.36. The summed E-state index contributed by atoms with van der Waals surface area (Å²) in [4.78, 5) is 20.7. The highest BCUT2D eigenvalue weighted by Crippen LogP contribution is 2.23. The molecule has 1 amide bonds. The van der Waals surface area contributed by atoms with Crippen molar-refractivity contribution in [1.82, 2.24) is 20.4 Å². The van der Waals surface area contributed by atoms with Gasteiger partial charge >= 0.3 is 0 Å². The number of halogens is 1. The Bertz CT molecular complexity index is 863. The predicted molar refractivity (Wildman–Crippen MR) is 93.4 cm³/mol. The van der Waals surface area contributed by atoms with E-state index in [1.165, 1.54) is 12.1 Å². The Hall–Kier alpha value is -3.09. The predicted octanol–water partition coefficient (Wildman–Crippen LogP) is 3.33. The van der Waals surface area contributed by atoms with Crippen molar-refractivity contribution in [2.45, 2.75) is 26.3 Å². The molecule has 3 rings (SSSR count). The third kappa shape index (κ3) is 4.30. The fourth-order valence-corrected chi connectivity index (χ4v) is 2.51. The average molecular weight is 354 g/mol. The van der Waals surface area contributed by atoms with Gasteiger partial charge in [-0.15, -0.1) is 0 Å². The summed E-state index contributed by atoms with van der Waals surface area (Å²) in [5.74, 6) is 0.320. The summed E-state index contributed by atoms with van der Waals surface area (Å²) < 4.78 is 18.3. The summed E-state index contributed by atoms with van der Waals surface area (Å²) >= 11 is 0. The van der Waals surface area contributed by atoms with Crippen LogP contribution in [0.4, 0.5) is 4.39 Å². The highest BCUT2D eigenvalue weighted by molar-refractivity contribution is 5.78. The van der Waals surface area contributed by atoms with E-state index in [0.29, 0.717) is 11.7 Å². The Balaban J connectivity index is 1.72. The van der Waals surface area contributed by atoms with Crippen molar-refractivity contribution < 1.29 is 13.7 Å². The standard InChI is InChI=1S/C19H19FN4O2/c1-12(2)17(22-16(25)11-13-3-5-15(20)6-4-13)19-23-18(24-26-19)14-7-9-21-10-8-14/h3-10,12,17H,11H2,1-2H3,(H,22,25). The maximum Gasteiger partial charge on any atom is 0.249 e. The molecule has 0 saturated carbocycles. The van der Waals surface area contributed by atoms with E-state index >= 15 is 0 Å². The zero-order valence-electron chi connectivity index (χ0n) is 14.5. The molecular formula is C19H19FN4O2. The van der Waals surface area contributed by atoms with Gasteiger partial charge in [-0.3, -0.25) is 9.78 Å². The normalized spacial score (nSPS) is 12.2. The molecule has 6 nitrogen and oxygen atoms in total. The maximum absolute atomic E-state index is 13.0. The minimum atomic E-state index is -0.411. The summed E-state index contributed by atoms with van der Waals surface area (Å²) in [6.07, 6.45) is 3.44. The summed E-state index contributed by atoms with van der Waals surface area (Å²) in [5.41, 5.74) is 1.52. The van der Waals surface area contributed by atoms with Crippen molar-refractivity contribution in [2.75, 3.05) is 0 Å². The van der Waals surface area contributed by atoms with Crippen LogP contribution < -0.4 is 5.32 Å². The molecule has 0 saturated heterocycles. The summed E-state index contributed by atoms with van der Waals surface area (Å²) in [5, 5.41) is 6.90. The lowest BCUT2D eigenvalue weighted by Crippen LogP contribution is -2.33. The molecule has 0 radical (unpaired) electrons. The van der Waals surface area contributed by atoms with Crippen LogP contribution in [0.15, 0.2) is 53.3 Å². The molecular weight excluding hydrogens is 335 g/mol. The second kappa shape index (κ2) is 7.86. The number of pyridine rings is 1. The zero-order chi connectivity index (χ0) is 18.5. The van der Waals surface area contributed by atoms with E-state index < -0.39 is 6.04 Å². The summed E-state index contributed by atoms with van der Waals surface area (Å²) in [6.45, 7) is 3.91. The number of carbonyl (C=O) groups is 1. The lowest BCUT2D eigenvalue weighted by molar-refractivity contribution is -0.121. The Morgan fingerprint density at radius 2 is 1.85 bits per heavy atom. The van der Waals surface area contributed by atoms with Crippen LogP contribution in [-0.2, 0) is 11.2 Å². The van der Waals surface area contributed by atoms with E-state index in [1.807, 2.05) is 13.8 Å². The van der Waals surface area contributed by atoms with E-state index in [4.69, 9.17) is 4.52 Å². The first-order valence-corrected chi connectivity index (χ1v) is 8.30. The molecule has 1 aromatic carbocycles. The number of aromatic nitrogens is 3. The van der Waals surface area contributed by atoms with Crippen molar-refractivity contribution in [3.8, 4) is 11.4 Å². The van der Waals surface area contributed by atoms with Gasteiger partial charge in [0.05, 0.1) is 6.42 Å². The fraction of sp³-hybridized carbons (Fsp3) is 0.263. The van der Waals surface area contributed by atoms with E-state index in [2.05, 4.69) is 20.4 Å². The topological polar surface area (TPSA) is 80.9 Å². The molecule has 134 valence electrons. The molecule has 0 fully saturated rings. The quantitative estimate of drug-likeness (QED) is 0.734. The molecule has 0 spiro atoms. The number of hydrogen-bond donors (Lipinski definition) is 1. The molecule has 0 bridgehead atoms. The van der Waals surface area contributed by atoms with E-state index in [1.54, 1.807) is 36.7 Å². The lowest BCUT2D eigenvalue weighted by Gasteiger charge is -2.18. The second-order valence-corrected chi connectivity index (χ2v) is 6.28. The van der Waals surface area contributed by atoms with Gasteiger partial charge in [0.15, 0.2) is 0 Å². The van der Waals surface area contributed by atoms with Crippen LogP contribution in [0.3, 0.4) is 0 Å². The minimum absolute atomic E-state index is 0.0536. The first-order chi connectivity index (χ1) is 12.5. The molecule has 2 aromatic heterocycles. The SMILES string of the molecule is CC(C)C(NC(=O)Cc1ccc(F)cc1)c1nc(-c2ccncc2)no1. The average Bonchev–Trinajstić information content (AvgIpc) is 3.12. The molecule has 0 aliphatic carbocycles. The molecule has 0 aliphatic rings. The number of benzene rings is 1. The molecule has 1 unspecified atom stereocenters. The van der Waals surface area contributed by atoms with Gasteiger partial charge in [0, 0.05) is 18.0 Å². The first-order valence-electron chi connectivity index (χ1n) is 8.30. The largest absolute Gasteiger partial charge is 0.344 e. The zero-order valence-corrected chi connectivity index (χ0v) is 14.5. The Morgan fingerprint density at radius 3 is 2.50 bits per heavy atom. The molecule has 2 heterocycles. The van der Waals surface area contributed by atoms with Crippen LogP contribution in [0, 0.1) is 11.7 Å². The third-order valence-corrected chi connectivity index (χ3v) is 3.91. The number of carbonyl (C=O) groups excluding carboxylic acids is 1. The minimum Gasteiger partial charge on any atom is -0.344 e. The first kappa shape index (κ1) is 17.7. The second-order valence-electron chi connectivity index (χ2n) is 6.28.